The lowest BCUT2D eigenvalue weighted by Gasteiger charge is -2.35. The second-order valence-electron chi connectivity index (χ2n) is 11.0. The van der Waals surface area contributed by atoms with Gasteiger partial charge in [0, 0.05) is 18.5 Å². The minimum atomic E-state index is -1.16. The number of ether oxygens (including phenoxy) is 2. The van der Waals surface area contributed by atoms with E-state index in [0.29, 0.717) is 29.3 Å². The Morgan fingerprint density at radius 3 is 2.35 bits per heavy atom. The monoisotopic (exact) mass is 548 g/mol. The molecule has 1 aliphatic rings. The number of carbonyl (C=O) groups is 3. The summed E-state index contributed by atoms with van der Waals surface area (Å²) >= 11 is 0. The van der Waals surface area contributed by atoms with Gasteiger partial charge < -0.3 is 29.4 Å². The number of hydrogen-bond acceptors (Lipinski definition) is 6. The lowest BCUT2D eigenvalue weighted by atomic mass is 9.87. The van der Waals surface area contributed by atoms with Gasteiger partial charge in [-0.1, -0.05) is 45.0 Å². The van der Waals surface area contributed by atoms with Crippen molar-refractivity contribution in [2.24, 2.45) is 0 Å². The third-order valence-corrected chi connectivity index (χ3v) is 7.21. The number of carboxylic acids is 1. The molecule has 1 aliphatic heterocycles. The van der Waals surface area contributed by atoms with E-state index in [9.17, 15) is 19.5 Å². The minimum Gasteiger partial charge on any atom is -0.493 e. The van der Waals surface area contributed by atoms with Gasteiger partial charge in [-0.25, -0.2) is 4.98 Å². The van der Waals surface area contributed by atoms with Gasteiger partial charge in [-0.2, -0.15) is 0 Å². The van der Waals surface area contributed by atoms with Gasteiger partial charge in [0.15, 0.2) is 11.5 Å². The van der Waals surface area contributed by atoms with E-state index >= 15 is 0 Å². The molecule has 40 heavy (non-hydrogen) atoms. The fourth-order valence-corrected chi connectivity index (χ4v) is 4.76. The normalized spacial score (nSPS) is 15.7. The Bertz CT molecular complexity index is 1410. The first kappa shape index (κ1) is 28.7. The average molecular weight is 549 g/mol. The molecule has 10 nitrogen and oxygen atoms in total. The van der Waals surface area contributed by atoms with Crippen LogP contribution in [-0.2, 0) is 34.5 Å². The molecule has 0 saturated heterocycles. The highest BCUT2D eigenvalue weighted by molar-refractivity contribution is 5.99. The summed E-state index contributed by atoms with van der Waals surface area (Å²) in [5, 5.41) is 11.8. The van der Waals surface area contributed by atoms with Crippen molar-refractivity contribution in [2.45, 2.75) is 64.7 Å². The van der Waals surface area contributed by atoms with E-state index in [1.54, 1.807) is 24.5 Å². The highest BCUT2D eigenvalue weighted by Crippen LogP contribution is 2.31. The molecular formula is C30H36N4O6. The first-order chi connectivity index (χ1) is 18.9. The molecule has 2 heterocycles. The fraction of sp³-hybridized carbons (Fsp3) is 0.400. The fourth-order valence-electron chi connectivity index (χ4n) is 4.76. The lowest BCUT2D eigenvalue weighted by molar-refractivity contribution is -0.142. The van der Waals surface area contributed by atoms with E-state index in [4.69, 9.17) is 9.47 Å². The molecule has 4 rings (SSSR count). The zero-order valence-electron chi connectivity index (χ0n) is 23.7. The Balaban J connectivity index is 1.66. The summed E-state index contributed by atoms with van der Waals surface area (Å²) in [4.78, 5) is 44.5. The van der Waals surface area contributed by atoms with Crippen molar-refractivity contribution in [1.82, 2.24) is 19.8 Å². The summed E-state index contributed by atoms with van der Waals surface area (Å²) in [5.41, 5.74) is 4.20. The summed E-state index contributed by atoms with van der Waals surface area (Å²) in [5.74, 6) is -1.25. The number of hydrogen-bond donors (Lipinski definition) is 2. The number of fused-ring (bicyclic) bond motifs is 1. The zero-order chi connectivity index (χ0) is 29.2. The Labute approximate surface area is 233 Å². The summed E-state index contributed by atoms with van der Waals surface area (Å²) in [7, 11) is 2.99. The van der Waals surface area contributed by atoms with E-state index in [0.717, 1.165) is 11.3 Å². The van der Waals surface area contributed by atoms with Crippen LogP contribution in [0.1, 0.15) is 60.6 Å². The third kappa shape index (κ3) is 5.95. The second kappa shape index (κ2) is 11.4. The van der Waals surface area contributed by atoms with Gasteiger partial charge in [-0.3, -0.25) is 14.4 Å². The van der Waals surface area contributed by atoms with E-state index in [1.165, 1.54) is 31.6 Å². The number of imidazole rings is 1. The lowest BCUT2D eigenvalue weighted by Crippen LogP contribution is -2.55. The number of amides is 2. The quantitative estimate of drug-likeness (QED) is 0.442. The van der Waals surface area contributed by atoms with E-state index in [-0.39, 0.29) is 18.4 Å². The molecule has 10 heteroatoms. The van der Waals surface area contributed by atoms with Crippen LogP contribution in [0.15, 0.2) is 48.8 Å². The van der Waals surface area contributed by atoms with Crippen LogP contribution in [0.25, 0.3) is 0 Å². The van der Waals surface area contributed by atoms with Crippen molar-refractivity contribution < 1.29 is 29.0 Å². The Kier molecular flexibility index (Phi) is 8.18. The topological polar surface area (TPSA) is 123 Å². The van der Waals surface area contributed by atoms with Gasteiger partial charge in [0.05, 0.1) is 38.5 Å². The van der Waals surface area contributed by atoms with Crippen LogP contribution in [0, 0.1) is 0 Å². The standard InChI is InChI=1S/C30H36N4O6/c1-18(29(37)38)32-27(35)23-14-22-24(16-34(23)28(36)20-9-12-25(39-5)26(13-20)40-6)33(17-31-22)15-19-7-10-21(11-8-19)30(2,3)4/h7-13,17-18,23H,14-16H2,1-6H3,(H,32,35)(H,37,38). The number of rotatable bonds is 8. The van der Waals surface area contributed by atoms with Crippen LogP contribution < -0.4 is 14.8 Å². The van der Waals surface area contributed by atoms with Crippen molar-refractivity contribution in [2.75, 3.05) is 14.2 Å². The first-order valence-corrected chi connectivity index (χ1v) is 13.1. The third-order valence-electron chi connectivity index (χ3n) is 7.21. The van der Waals surface area contributed by atoms with Gasteiger partial charge in [-0.15, -0.1) is 0 Å². The molecule has 2 N–H and O–H groups in total. The van der Waals surface area contributed by atoms with Crippen LogP contribution >= 0.6 is 0 Å². The van der Waals surface area contributed by atoms with E-state index in [2.05, 4.69) is 55.3 Å². The number of methoxy groups -OCH3 is 2. The predicted molar refractivity (Wildman–Crippen MR) is 149 cm³/mol. The van der Waals surface area contributed by atoms with Crippen molar-refractivity contribution in [1.29, 1.82) is 0 Å². The number of aliphatic carboxylic acids is 1. The van der Waals surface area contributed by atoms with E-state index < -0.39 is 29.9 Å². The maximum absolute atomic E-state index is 13.8. The molecule has 0 aliphatic carbocycles. The van der Waals surface area contributed by atoms with Crippen molar-refractivity contribution in [3.63, 3.8) is 0 Å². The largest absolute Gasteiger partial charge is 0.493 e. The smallest absolute Gasteiger partial charge is 0.325 e. The number of carboxylic acid groups (broad SMARTS) is 1. The second-order valence-corrected chi connectivity index (χ2v) is 11.0. The summed E-state index contributed by atoms with van der Waals surface area (Å²) < 4.78 is 12.7. The first-order valence-electron chi connectivity index (χ1n) is 13.1. The maximum Gasteiger partial charge on any atom is 0.325 e. The summed E-state index contributed by atoms with van der Waals surface area (Å²) in [6, 6.07) is 11.2. The van der Waals surface area contributed by atoms with Crippen molar-refractivity contribution in [3.8, 4) is 11.5 Å². The van der Waals surface area contributed by atoms with Crippen LogP contribution in [0.5, 0.6) is 11.5 Å². The van der Waals surface area contributed by atoms with Crippen LogP contribution in [0.3, 0.4) is 0 Å². The molecule has 2 unspecified atom stereocenters. The van der Waals surface area contributed by atoms with Gasteiger partial charge in [0.2, 0.25) is 5.91 Å². The zero-order valence-corrected chi connectivity index (χ0v) is 23.7. The molecule has 2 aromatic carbocycles. The summed E-state index contributed by atoms with van der Waals surface area (Å²) in [6.07, 6.45) is 1.88. The molecule has 0 fully saturated rings. The van der Waals surface area contributed by atoms with Gasteiger partial charge in [0.1, 0.15) is 12.1 Å². The molecule has 1 aromatic heterocycles. The van der Waals surface area contributed by atoms with Gasteiger partial charge in [-0.05, 0) is 41.7 Å². The Morgan fingerprint density at radius 2 is 1.75 bits per heavy atom. The Hall–Kier alpha value is -4.34. The minimum absolute atomic E-state index is 0.0470. The molecule has 0 bridgehead atoms. The highest BCUT2D eigenvalue weighted by Gasteiger charge is 2.38. The highest BCUT2D eigenvalue weighted by atomic mass is 16.5. The van der Waals surface area contributed by atoms with Gasteiger partial charge >= 0.3 is 5.97 Å². The molecule has 2 amide bonds. The van der Waals surface area contributed by atoms with E-state index in [1.807, 2.05) is 4.57 Å². The molecule has 212 valence electrons. The Morgan fingerprint density at radius 1 is 1.07 bits per heavy atom. The molecule has 3 aromatic rings. The average Bonchev–Trinajstić information content (AvgIpc) is 3.32. The number of nitrogens with one attached hydrogen (secondary N) is 1. The van der Waals surface area contributed by atoms with Gasteiger partial charge in [0.25, 0.3) is 5.91 Å². The van der Waals surface area contributed by atoms with Crippen molar-refractivity contribution >= 4 is 17.8 Å². The number of benzene rings is 2. The number of nitrogens with zero attached hydrogens (tertiary/aromatic N) is 3. The summed E-state index contributed by atoms with van der Waals surface area (Å²) in [6.45, 7) is 8.57. The molecule has 0 radical (unpaired) electrons. The molecule has 0 spiro atoms. The van der Waals surface area contributed by atoms with Crippen LogP contribution in [0.2, 0.25) is 0 Å². The van der Waals surface area contributed by atoms with Crippen molar-refractivity contribution in [3.05, 3.63) is 76.9 Å². The number of carbonyl (C=O) groups excluding carboxylic acids is 2. The number of aromatic nitrogens is 2. The maximum atomic E-state index is 13.8. The van der Waals surface area contributed by atoms with Crippen LogP contribution in [0.4, 0.5) is 0 Å². The van der Waals surface area contributed by atoms with Crippen LogP contribution in [-0.4, -0.2) is 63.6 Å². The molecule has 0 saturated carbocycles. The molecular weight excluding hydrogens is 512 g/mol. The molecule has 2 atom stereocenters. The SMILES string of the molecule is COc1ccc(C(=O)N2Cc3c(ncn3Cc3ccc(C(C)(C)C)cc3)CC2C(=O)NC(C)C(=O)O)cc1OC. The predicted octanol–water partition coefficient (Wildman–Crippen LogP) is 3.40.